The van der Waals surface area contributed by atoms with Crippen LogP contribution in [0.5, 0.6) is 0 Å². The molecule has 19 heavy (non-hydrogen) atoms. The number of rotatable bonds is 6. The molecule has 1 aromatic rings. The Hall–Kier alpha value is -1.06. The van der Waals surface area contributed by atoms with Gasteiger partial charge in [-0.15, -0.1) is 0 Å². The number of carbonyl (C=O) groups excluding carboxylic acids is 1. The smallest absolute Gasteiger partial charge is 0.223 e. The number of benzene rings is 1. The number of amides is 1. The summed E-state index contributed by atoms with van der Waals surface area (Å²) in [4.78, 5) is 13.9. The molecule has 1 amide bonds. The van der Waals surface area contributed by atoms with Crippen LogP contribution in [0.3, 0.4) is 0 Å². The molecule has 0 saturated carbocycles. The summed E-state index contributed by atoms with van der Waals surface area (Å²) in [5, 5.41) is 10.1. The first-order valence-corrected chi connectivity index (χ1v) is 7.00. The second kappa shape index (κ2) is 7.51. The highest BCUT2D eigenvalue weighted by Gasteiger charge is 2.18. The van der Waals surface area contributed by atoms with Crippen molar-refractivity contribution < 1.29 is 9.90 Å². The molecule has 0 aliphatic rings. The van der Waals surface area contributed by atoms with Crippen LogP contribution in [-0.4, -0.2) is 34.6 Å². The van der Waals surface area contributed by atoms with Crippen molar-refractivity contribution in [2.24, 2.45) is 0 Å². The summed E-state index contributed by atoms with van der Waals surface area (Å²) in [6.45, 7) is 5.97. The summed E-state index contributed by atoms with van der Waals surface area (Å²) >= 11 is 6.07. The van der Waals surface area contributed by atoms with E-state index in [0.29, 0.717) is 24.4 Å². The molecule has 0 aromatic heterocycles. The van der Waals surface area contributed by atoms with E-state index in [-0.39, 0.29) is 11.9 Å². The van der Waals surface area contributed by atoms with E-state index >= 15 is 0 Å². The molecule has 1 unspecified atom stereocenters. The third kappa shape index (κ3) is 5.21. The fraction of sp³-hybridized carbons (Fsp3) is 0.533. The highest BCUT2D eigenvalue weighted by Crippen LogP contribution is 2.17. The number of aliphatic hydroxyl groups excluding tert-OH is 1. The number of aliphatic hydroxyl groups is 1. The summed E-state index contributed by atoms with van der Waals surface area (Å²) < 4.78 is 0. The first-order valence-electron chi connectivity index (χ1n) is 6.62. The lowest BCUT2D eigenvalue weighted by Gasteiger charge is -2.28. The van der Waals surface area contributed by atoms with E-state index in [4.69, 9.17) is 11.6 Å². The van der Waals surface area contributed by atoms with E-state index in [1.54, 1.807) is 11.8 Å². The van der Waals surface area contributed by atoms with Crippen LogP contribution in [0.15, 0.2) is 24.3 Å². The largest absolute Gasteiger partial charge is 0.392 e. The number of aryl methyl sites for hydroxylation is 1. The zero-order valence-electron chi connectivity index (χ0n) is 11.8. The van der Waals surface area contributed by atoms with E-state index < -0.39 is 6.10 Å². The number of hydrogen-bond acceptors (Lipinski definition) is 2. The average molecular weight is 284 g/mol. The minimum atomic E-state index is -0.508. The number of hydrogen-bond donors (Lipinski definition) is 1. The molecule has 0 fully saturated rings. The first-order chi connectivity index (χ1) is 8.91. The molecule has 0 bridgehead atoms. The second-order valence-electron chi connectivity index (χ2n) is 5.08. The van der Waals surface area contributed by atoms with Crippen molar-refractivity contribution >= 4 is 17.5 Å². The van der Waals surface area contributed by atoms with Gasteiger partial charge in [0.05, 0.1) is 6.10 Å². The predicted molar refractivity (Wildman–Crippen MR) is 78.3 cm³/mol. The standard InChI is InChI=1S/C15H22ClNO2/c1-11(2)17(10-12(3)18)15(19)9-8-13-6-4-5-7-14(13)16/h4-7,11-12,18H,8-10H2,1-3H3. The monoisotopic (exact) mass is 283 g/mol. The molecule has 0 aliphatic carbocycles. The van der Waals surface area contributed by atoms with Crippen molar-refractivity contribution in [2.75, 3.05) is 6.54 Å². The van der Waals surface area contributed by atoms with Crippen LogP contribution in [0.1, 0.15) is 32.8 Å². The van der Waals surface area contributed by atoms with Crippen molar-refractivity contribution in [1.82, 2.24) is 4.90 Å². The Bertz CT molecular complexity index is 418. The van der Waals surface area contributed by atoms with Gasteiger partial charge in [0.2, 0.25) is 5.91 Å². The number of nitrogens with zero attached hydrogens (tertiary/aromatic N) is 1. The topological polar surface area (TPSA) is 40.5 Å². The van der Waals surface area contributed by atoms with Gasteiger partial charge in [0.15, 0.2) is 0 Å². The summed E-state index contributed by atoms with van der Waals surface area (Å²) in [6, 6.07) is 7.65. The van der Waals surface area contributed by atoms with Gasteiger partial charge in [-0.1, -0.05) is 29.8 Å². The third-order valence-electron chi connectivity index (χ3n) is 2.97. The van der Waals surface area contributed by atoms with E-state index in [0.717, 1.165) is 5.56 Å². The number of carbonyl (C=O) groups is 1. The third-order valence-corrected chi connectivity index (χ3v) is 3.34. The van der Waals surface area contributed by atoms with Crippen LogP contribution in [0.4, 0.5) is 0 Å². The van der Waals surface area contributed by atoms with Gasteiger partial charge in [0.1, 0.15) is 0 Å². The molecule has 0 aliphatic heterocycles. The van der Waals surface area contributed by atoms with Gasteiger partial charge in [-0.25, -0.2) is 0 Å². The Morgan fingerprint density at radius 3 is 2.47 bits per heavy atom. The zero-order valence-corrected chi connectivity index (χ0v) is 12.5. The molecule has 1 aromatic carbocycles. The Morgan fingerprint density at radius 1 is 1.32 bits per heavy atom. The van der Waals surface area contributed by atoms with Crippen LogP contribution in [-0.2, 0) is 11.2 Å². The maximum atomic E-state index is 12.2. The second-order valence-corrected chi connectivity index (χ2v) is 5.49. The summed E-state index contributed by atoms with van der Waals surface area (Å²) in [5.41, 5.74) is 0.985. The Labute approximate surface area is 120 Å². The normalized spacial score (nSPS) is 12.5. The van der Waals surface area contributed by atoms with Crippen LogP contribution in [0, 0.1) is 0 Å². The van der Waals surface area contributed by atoms with Gasteiger partial charge in [-0.05, 0) is 38.8 Å². The van der Waals surface area contributed by atoms with Crippen LogP contribution >= 0.6 is 11.6 Å². The molecule has 1 N–H and O–H groups in total. The lowest BCUT2D eigenvalue weighted by atomic mass is 10.1. The molecule has 4 heteroatoms. The van der Waals surface area contributed by atoms with E-state index in [1.165, 1.54) is 0 Å². The molecule has 0 radical (unpaired) electrons. The molecule has 106 valence electrons. The van der Waals surface area contributed by atoms with Gasteiger partial charge in [0.25, 0.3) is 0 Å². The summed E-state index contributed by atoms with van der Waals surface area (Å²) in [6.07, 6.45) is 0.530. The number of halogens is 1. The Morgan fingerprint density at radius 2 is 1.95 bits per heavy atom. The van der Waals surface area contributed by atoms with Gasteiger partial charge >= 0.3 is 0 Å². The highest BCUT2D eigenvalue weighted by atomic mass is 35.5. The highest BCUT2D eigenvalue weighted by molar-refractivity contribution is 6.31. The van der Waals surface area contributed by atoms with Crippen molar-refractivity contribution in [1.29, 1.82) is 0 Å². The molecule has 1 rings (SSSR count). The lowest BCUT2D eigenvalue weighted by molar-refractivity contribution is -0.134. The van der Waals surface area contributed by atoms with Crippen molar-refractivity contribution in [3.05, 3.63) is 34.9 Å². The molecular weight excluding hydrogens is 262 g/mol. The first kappa shape index (κ1) is 16.0. The fourth-order valence-electron chi connectivity index (χ4n) is 1.97. The molecular formula is C15H22ClNO2. The maximum absolute atomic E-state index is 12.2. The summed E-state index contributed by atoms with van der Waals surface area (Å²) in [7, 11) is 0. The summed E-state index contributed by atoms with van der Waals surface area (Å²) in [5.74, 6) is 0.0517. The Balaban J connectivity index is 2.60. The van der Waals surface area contributed by atoms with Gasteiger partial charge < -0.3 is 10.0 Å². The fourth-order valence-corrected chi connectivity index (χ4v) is 2.20. The SMILES string of the molecule is CC(O)CN(C(=O)CCc1ccccc1Cl)C(C)C. The quantitative estimate of drug-likeness (QED) is 0.872. The molecule has 0 spiro atoms. The molecule has 1 atom stereocenters. The van der Waals surface area contributed by atoms with E-state index in [2.05, 4.69) is 0 Å². The molecule has 0 heterocycles. The van der Waals surface area contributed by atoms with Crippen LogP contribution in [0.25, 0.3) is 0 Å². The van der Waals surface area contributed by atoms with Crippen LogP contribution in [0.2, 0.25) is 5.02 Å². The average Bonchev–Trinajstić information content (AvgIpc) is 2.34. The zero-order chi connectivity index (χ0) is 14.4. The lowest BCUT2D eigenvalue weighted by Crippen LogP contribution is -2.41. The van der Waals surface area contributed by atoms with Crippen LogP contribution < -0.4 is 0 Å². The van der Waals surface area contributed by atoms with Gasteiger partial charge in [0, 0.05) is 24.0 Å². The van der Waals surface area contributed by atoms with E-state index in [9.17, 15) is 9.90 Å². The molecule has 0 saturated heterocycles. The van der Waals surface area contributed by atoms with Crippen molar-refractivity contribution in [2.45, 2.75) is 45.8 Å². The minimum absolute atomic E-state index is 0.0517. The van der Waals surface area contributed by atoms with Gasteiger partial charge in [-0.2, -0.15) is 0 Å². The maximum Gasteiger partial charge on any atom is 0.223 e. The Kier molecular flexibility index (Phi) is 6.32. The van der Waals surface area contributed by atoms with E-state index in [1.807, 2.05) is 38.1 Å². The van der Waals surface area contributed by atoms with Gasteiger partial charge in [-0.3, -0.25) is 4.79 Å². The predicted octanol–water partition coefficient (Wildman–Crippen LogP) is 2.89. The van der Waals surface area contributed by atoms with Crippen molar-refractivity contribution in [3.63, 3.8) is 0 Å². The van der Waals surface area contributed by atoms with Crippen molar-refractivity contribution in [3.8, 4) is 0 Å². The molecule has 3 nitrogen and oxygen atoms in total. The minimum Gasteiger partial charge on any atom is -0.392 e.